The largest absolute Gasteiger partial charge is 0.340 e. The van der Waals surface area contributed by atoms with Crippen molar-refractivity contribution in [2.24, 2.45) is 0 Å². The highest BCUT2D eigenvalue weighted by molar-refractivity contribution is 4.98. The van der Waals surface area contributed by atoms with Gasteiger partial charge in [-0.05, 0) is 12.8 Å². The van der Waals surface area contributed by atoms with E-state index in [-0.39, 0.29) is 0 Å². The lowest BCUT2D eigenvalue weighted by Gasteiger charge is -2.14. The van der Waals surface area contributed by atoms with E-state index >= 15 is 0 Å². The third-order valence-corrected chi connectivity index (χ3v) is 3.07. The van der Waals surface area contributed by atoms with Gasteiger partial charge in [-0.2, -0.15) is 4.98 Å². The molecule has 0 aromatic carbocycles. The minimum atomic E-state index is 0.583. The average molecular weight is 248 g/mol. The highest BCUT2D eigenvalue weighted by Crippen LogP contribution is 2.13. The van der Waals surface area contributed by atoms with E-state index in [0.717, 1.165) is 24.6 Å². The maximum absolute atomic E-state index is 4.91. The molecule has 0 aliphatic carbocycles. The number of aryl methyl sites for hydroxylation is 2. The molecule has 1 N–H and O–H groups in total. The second-order valence-electron chi connectivity index (χ2n) is 4.47. The fourth-order valence-corrected chi connectivity index (χ4v) is 2.20. The van der Waals surface area contributed by atoms with Gasteiger partial charge in [-0.1, -0.05) is 5.16 Å². The third-order valence-electron chi connectivity index (χ3n) is 3.07. The number of rotatable bonds is 4. The normalized spacial score (nSPS) is 14.7. The first-order chi connectivity index (χ1) is 8.83. The van der Waals surface area contributed by atoms with E-state index in [1.807, 2.05) is 0 Å². The van der Waals surface area contributed by atoms with Gasteiger partial charge in [-0.3, -0.25) is 0 Å². The van der Waals surface area contributed by atoms with Crippen LogP contribution in [0.3, 0.4) is 0 Å². The van der Waals surface area contributed by atoms with Crippen molar-refractivity contribution in [3.8, 4) is 0 Å². The van der Waals surface area contributed by atoms with Gasteiger partial charge in [0, 0.05) is 19.9 Å². The number of fused-ring (bicyclic) bond motifs is 1. The van der Waals surface area contributed by atoms with Crippen molar-refractivity contribution in [2.75, 3.05) is 0 Å². The fraction of sp³-hybridized carbons (Fsp3) is 0.636. The average Bonchev–Trinajstić information content (AvgIpc) is 2.97. The second-order valence-corrected chi connectivity index (χ2v) is 4.47. The number of aromatic nitrogens is 5. The maximum Gasteiger partial charge on any atom is 0.223 e. The molecule has 7 nitrogen and oxygen atoms in total. The summed E-state index contributed by atoms with van der Waals surface area (Å²) in [6.45, 7) is 4.08. The van der Waals surface area contributed by atoms with Crippen molar-refractivity contribution < 1.29 is 4.52 Å². The summed E-state index contributed by atoms with van der Waals surface area (Å²) in [6, 6.07) is 0. The van der Waals surface area contributed by atoms with Crippen LogP contribution in [0.2, 0.25) is 0 Å². The van der Waals surface area contributed by atoms with E-state index in [0.29, 0.717) is 24.8 Å². The molecule has 7 heteroatoms. The van der Waals surface area contributed by atoms with Crippen LogP contribution in [0.5, 0.6) is 0 Å². The smallest absolute Gasteiger partial charge is 0.223 e. The lowest BCUT2D eigenvalue weighted by Crippen LogP contribution is -2.20. The summed E-state index contributed by atoms with van der Waals surface area (Å²) in [4.78, 5) is 4.13. The molecule has 0 unspecified atom stereocenters. The predicted molar refractivity (Wildman–Crippen MR) is 62.5 cm³/mol. The third kappa shape index (κ3) is 2.26. The highest BCUT2D eigenvalue weighted by atomic mass is 16.5. The monoisotopic (exact) mass is 248 g/mol. The molecular formula is C11H16N6O. The lowest BCUT2D eigenvalue weighted by atomic mass is 10.2. The van der Waals surface area contributed by atoms with E-state index in [2.05, 4.69) is 30.2 Å². The molecule has 3 rings (SSSR count). The van der Waals surface area contributed by atoms with Crippen molar-refractivity contribution in [2.45, 2.75) is 45.8 Å². The van der Waals surface area contributed by atoms with Crippen LogP contribution in [-0.4, -0.2) is 24.9 Å². The first kappa shape index (κ1) is 11.3. The summed E-state index contributed by atoms with van der Waals surface area (Å²) < 4.78 is 7.11. The van der Waals surface area contributed by atoms with E-state index in [1.165, 1.54) is 12.8 Å². The molecule has 0 bridgehead atoms. The molecule has 96 valence electrons. The number of hydrogen-bond acceptors (Lipinski definition) is 6. The fourth-order valence-electron chi connectivity index (χ4n) is 2.20. The number of nitrogens with one attached hydrogen (secondary N) is 1. The topological polar surface area (TPSA) is 81.7 Å². The van der Waals surface area contributed by atoms with Gasteiger partial charge in [0.25, 0.3) is 0 Å². The Morgan fingerprint density at radius 1 is 1.28 bits per heavy atom. The van der Waals surface area contributed by atoms with Crippen molar-refractivity contribution in [3.05, 3.63) is 23.4 Å². The van der Waals surface area contributed by atoms with E-state index in [4.69, 9.17) is 4.52 Å². The van der Waals surface area contributed by atoms with Gasteiger partial charge in [-0.15, -0.1) is 10.2 Å². The van der Waals surface area contributed by atoms with Crippen LogP contribution in [0.25, 0.3) is 0 Å². The summed E-state index contributed by atoms with van der Waals surface area (Å²) in [7, 11) is 0. The Labute approximate surface area is 105 Å². The van der Waals surface area contributed by atoms with Crippen molar-refractivity contribution in [3.63, 3.8) is 0 Å². The minimum Gasteiger partial charge on any atom is -0.340 e. The Bertz CT molecular complexity index is 531. The molecule has 0 spiro atoms. The van der Waals surface area contributed by atoms with Crippen LogP contribution in [-0.2, 0) is 26.1 Å². The molecule has 1 aliphatic rings. The molecule has 1 aliphatic heterocycles. The zero-order valence-corrected chi connectivity index (χ0v) is 10.4. The molecule has 3 heterocycles. The summed E-state index contributed by atoms with van der Waals surface area (Å²) in [5.74, 6) is 3.36. The van der Waals surface area contributed by atoms with Crippen LogP contribution < -0.4 is 5.32 Å². The Morgan fingerprint density at radius 2 is 2.22 bits per heavy atom. The standard InChI is InChI=1S/C11H16N6O/c1-8-13-9(16-18-8)6-12-7-11-15-14-10-4-2-3-5-17(10)11/h12H,2-7H2,1H3. The predicted octanol–water partition coefficient (Wildman–Crippen LogP) is 0.596. The Morgan fingerprint density at radius 3 is 3.06 bits per heavy atom. The zero-order chi connectivity index (χ0) is 12.4. The summed E-state index contributed by atoms with van der Waals surface area (Å²) in [5.41, 5.74) is 0. The van der Waals surface area contributed by atoms with Gasteiger partial charge in [0.1, 0.15) is 11.6 Å². The molecule has 0 fully saturated rings. The molecule has 0 radical (unpaired) electrons. The van der Waals surface area contributed by atoms with Crippen LogP contribution in [0.15, 0.2) is 4.52 Å². The number of hydrogen-bond donors (Lipinski definition) is 1. The van der Waals surface area contributed by atoms with Crippen molar-refractivity contribution >= 4 is 0 Å². The van der Waals surface area contributed by atoms with Crippen LogP contribution in [0.1, 0.15) is 36.2 Å². The van der Waals surface area contributed by atoms with Crippen LogP contribution in [0.4, 0.5) is 0 Å². The Kier molecular flexibility index (Phi) is 3.06. The van der Waals surface area contributed by atoms with Crippen LogP contribution >= 0.6 is 0 Å². The summed E-state index contributed by atoms with van der Waals surface area (Å²) in [5, 5.41) is 15.5. The summed E-state index contributed by atoms with van der Waals surface area (Å²) in [6.07, 6.45) is 3.47. The van der Waals surface area contributed by atoms with E-state index in [1.54, 1.807) is 6.92 Å². The zero-order valence-electron chi connectivity index (χ0n) is 10.4. The van der Waals surface area contributed by atoms with Gasteiger partial charge in [0.2, 0.25) is 5.89 Å². The molecule has 2 aromatic rings. The minimum absolute atomic E-state index is 0.583. The summed E-state index contributed by atoms with van der Waals surface area (Å²) >= 11 is 0. The van der Waals surface area contributed by atoms with Gasteiger partial charge < -0.3 is 14.4 Å². The number of nitrogens with zero attached hydrogens (tertiary/aromatic N) is 5. The SMILES string of the molecule is Cc1nc(CNCc2nnc3n2CCCC3)no1. The molecule has 0 amide bonds. The Balaban J connectivity index is 1.58. The first-order valence-electron chi connectivity index (χ1n) is 6.24. The molecule has 18 heavy (non-hydrogen) atoms. The molecule has 0 saturated heterocycles. The molecule has 0 atom stereocenters. The van der Waals surface area contributed by atoms with Gasteiger partial charge in [0.05, 0.1) is 13.1 Å². The second kappa shape index (κ2) is 4.85. The highest BCUT2D eigenvalue weighted by Gasteiger charge is 2.15. The van der Waals surface area contributed by atoms with Gasteiger partial charge in [0.15, 0.2) is 5.82 Å². The molecular weight excluding hydrogens is 232 g/mol. The van der Waals surface area contributed by atoms with E-state index < -0.39 is 0 Å². The van der Waals surface area contributed by atoms with Crippen molar-refractivity contribution in [1.29, 1.82) is 0 Å². The van der Waals surface area contributed by atoms with Crippen molar-refractivity contribution in [1.82, 2.24) is 30.2 Å². The Hall–Kier alpha value is -1.76. The molecule has 0 saturated carbocycles. The first-order valence-corrected chi connectivity index (χ1v) is 6.24. The molecule has 2 aromatic heterocycles. The maximum atomic E-state index is 4.91. The van der Waals surface area contributed by atoms with Crippen LogP contribution in [0, 0.1) is 6.92 Å². The van der Waals surface area contributed by atoms with Gasteiger partial charge >= 0.3 is 0 Å². The van der Waals surface area contributed by atoms with Gasteiger partial charge in [-0.25, -0.2) is 0 Å². The quantitative estimate of drug-likeness (QED) is 0.853. The lowest BCUT2D eigenvalue weighted by molar-refractivity contribution is 0.385. The van der Waals surface area contributed by atoms with E-state index in [9.17, 15) is 0 Å².